The third-order valence-corrected chi connectivity index (χ3v) is 4.34. The van der Waals surface area contributed by atoms with Crippen LogP contribution >= 0.6 is 11.3 Å². The first kappa shape index (κ1) is 14.7. The van der Waals surface area contributed by atoms with E-state index in [4.69, 9.17) is 4.52 Å². The number of benzene rings is 1. The maximum atomic E-state index is 12.5. The number of thiazole rings is 1. The van der Waals surface area contributed by atoms with E-state index in [1.165, 1.54) is 16.9 Å². The van der Waals surface area contributed by atoms with Crippen LogP contribution in [0.5, 0.6) is 0 Å². The minimum absolute atomic E-state index is 0.0972. The van der Waals surface area contributed by atoms with E-state index in [0.29, 0.717) is 22.1 Å². The lowest BCUT2D eigenvalue weighted by atomic mass is 10.0. The molecule has 114 valence electrons. The number of aryl methyl sites for hydroxylation is 2. The molecule has 3 rings (SSSR count). The summed E-state index contributed by atoms with van der Waals surface area (Å²) in [7, 11) is 0. The van der Waals surface area contributed by atoms with Crippen LogP contribution in [-0.2, 0) is 0 Å². The van der Waals surface area contributed by atoms with Gasteiger partial charge in [-0.25, -0.2) is 4.98 Å². The highest BCUT2D eigenvalue weighted by molar-refractivity contribution is 7.22. The maximum absolute atomic E-state index is 12.5. The summed E-state index contributed by atoms with van der Waals surface area (Å²) in [5, 5.41) is 7.34. The number of rotatable bonds is 3. The molecule has 2 heterocycles. The van der Waals surface area contributed by atoms with Gasteiger partial charge in [-0.2, -0.15) is 0 Å². The van der Waals surface area contributed by atoms with E-state index in [9.17, 15) is 4.79 Å². The fourth-order valence-corrected chi connectivity index (χ4v) is 3.26. The van der Waals surface area contributed by atoms with Gasteiger partial charge in [0.1, 0.15) is 5.56 Å². The average molecular weight is 315 g/mol. The van der Waals surface area contributed by atoms with E-state index >= 15 is 0 Å². The Kier molecular flexibility index (Phi) is 3.70. The van der Waals surface area contributed by atoms with Crippen LogP contribution in [0.2, 0.25) is 0 Å². The van der Waals surface area contributed by atoms with E-state index < -0.39 is 0 Å². The van der Waals surface area contributed by atoms with Crippen LogP contribution in [-0.4, -0.2) is 16.0 Å². The first-order valence-corrected chi connectivity index (χ1v) is 7.92. The number of carbonyl (C=O) groups is 1. The molecule has 6 heteroatoms. The summed E-state index contributed by atoms with van der Waals surface area (Å²) in [5.74, 6) is 0.477. The topological polar surface area (TPSA) is 68.0 Å². The second-order valence-corrected chi connectivity index (χ2v) is 6.64. The minimum Gasteiger partial charge on any atom is -0.360 e. The molecule has 0 aliphatic carbocycles. The molecule has 0 saturated carbocycles. The van der Waals surface area contributed by atoms with Gasteiger partial charge in [0.15, 0.2) is 10.9 Å². The Hall–Kier alpha value is -2.21. The molecule has 1 N–H and O–H groups in total. The Labute approximate surface area is 132 Å². The van der Waals surface area contributed by atoms with Crippen molar-refractivity contribution < 1.29 is 9.32 Å². The standard InChI is InChI=1S/C16H17N3O2S/c1-8(2)14-13(10(4)19-21-14)15(20)18-16-17-11-6-5-9(3)7-12(11)22-16/h5-8H,1-4H3,(H,17,18,20). The molecule has 0 atom stereocenters. The zero-order valence-corrected chi connectivity index (χ0v) is 13.7. The molecule has 0 fully saturated rings. The van der Waals surface area contributed by atoms with Gasteiger partial charge in [0.2, 0.25) is 0 Å². The lowest BCUT2D eigenvalue weighted by Gasteiger charge is -2.04. The lowest BCUT2D eigenvalue weighted by molar-refractivity contribution is 0.102. The van der Waals surface area contributed by atoms with Crippen molar-refractivity contribution in [2.45, 2.75) is 33.6 Å². The Bertz CT molecular complexity index is 848. The summed E-state index contributed by atoms with van der Waals surface area (Å²) >= 11 is 1.46. The van der Waals surface area contributed by atoms with E-state index in [-0.39, 0.29) is 11.8 Å². The van der Waals surface area contributed by atoms with E-state index in [1.807, 2.05) is 32.9 Å². The van der Waals surface area contributed by atoms with Gasteiger partial charge >= 0.3 is 0 Å². The quantitative estimate of drug-likeness (QED) is 0.783. The van der Waals surface area contributed by atoms with Crippen LogP contribution < -0.4 is 5.32 Å². The van der Waals surface area contributed by atoms with Gasteiger partial charge in [-0.3, -0.25) is 10.1 Å². The van der Waals surface area contributed by atoms with Gasteiger partial charge < -0.3 is 4.52 Å². The second kappa shape index (κ2) is 5.53. The molecule has 0 bridgehead atoms. The number of carbonyl (C=O) groups excluding carboxylic acids is 1. The molecule has 0 spiro atoms. The molecular weight excluding hydrogens is 298 g/mol. The number of nitrogens with one attached hydrogen (secondary N) is 1. The Morgan fingerprint density at radius 3 is 2.82 bits per heavy atom. The highest BCUT2D eigenvalue weighted by Crippen LogP contribution is 2.28. The summed E-state index contributed by atoms with van der Waals surface area (Å²) in [4.78, 5) is 17.0. The van der Waals surface area contributed by atoms with Crippen LogP contribution in [0.4, 0.5) is 5.13 Å². The van der Waals surface area contributed by atoms with Crippen molar-refractivity contribution in [2.75, 3.05) is 5.32 Å². The highest BCUT2D eigenvalue weighted by Gasteiger charge is 2.23. The van der Waals surface area contributed by atoms with E-state index in [2.05, 4.69) is 21.5 Å². The van der Waals surface area contributed by atoms with E-state index in [0.717, 1.165) is 10.2 Å². The van der Waals surface area contributed by atoms with Crippen molar-refractivity contribution >= 4 is 32.6 Å². The molecular formula is C16H17N3O2S. The number of fused-ring (bicyclic) bond motifs is 1. The van der Waals surface area contributed by atoms with E-state index in [1.54, 1.807) is 6.92 Å². The van der Waals surface area contributed by atoms with Gasteiger partial charge in [0.05, 0.1) is 15.9 Å². The normalized spacial score (nSPS) is 11.3. The third-order valence-electron chi connectivity index (χ3n) is 3.40. The molecule has 1 aromatic carbocycles. The molecule has 3 aromatic rings. The number of anilines is 1. The SMILES string of the molecule is Cc1ccc2nc(NC(=O)c3c(C)noc3C(C)C)sc2c1. The van der Waals surface area contributed by atoms with Crippen LogP contribution in [0.3, 0.4) is 0 Å². The van der Waals surface area contributed by atoms with Crippen LogP contribution in [0.1, 0.15) is 47.1 Å². The van der Waals surface area contributed by atoms with Gasteiger partial charge in [-0.15, -0.1) is 0 Å². The van der Waals surface area contributed by atoms with Crippen molar-refractivity contribution in [1.82, 2.24) is 10.1 Å². The Balaban J connectivity index is 1.91. The molecule has 2 aromatic heterocycles. The molecule has 0 saturated heterocycles. The number of aromatic nitrogens is 2. The molecule has 0 aliphatic rings. The summed E-state index contributed by atoms with van der Waals surface area (Å²) in [6.07, 6.45) is 0. The first-order valence-electron chi connectivity index (χ1n) is 7.10. The van der Waals surface area contributed by atoms with Crippen molar-refractivity contribution in [3.8, 4) is 0 Å². The number of hydrogen-bond donors (Lipinski definition) is 1. The van der Waals surface area contributed by atoms with Crippen molar-refractivity contribution in [1.29, 1.82) is 0 Å². The molecule has 22 heavy (non-hydrogen) atoms. The first-order chi connectivity index (χ1) is 10.5. The number of amides is 1. The zero-order valence-electron chi connectivity index (χ0n) is 12.9. The molecule has 0 radical (unpaired) electrons. The lowest BCUT2D eigenvalue weighted by Crippen LogP contribution is -2.14. The predicted molar refractivity (Wildman–Crippen MR) is 87.6 cm³/mol. The fourth-order valence-electron chi connectivity index (χ4n) is 2.30. The number of hydrogen-bond acceptors (Lipinski definition) is 5. The Morgan fingerprint density at radius 1 is 1.32 bits per heavy atom. The monoisotopic (exact) mass is 315 g/mol. The van der Waals surface area contributed by atoms with Crippen molar-refractivity contribution in [2.24, 2.45) is 0 Å². The predicted octanol–water partition coefficient (Wildman–Crippen LogP) is 4.28. The van der Waals surface area contributed by atoms with Crippen LogP contribution in [0, 0.1) is 13.8 Å². The maximum Gasteiger partial charge on any atom is 0.262 e. The number of nitrogens with zero attached hydrogens (tertiary/aromatic N) is 2. The molecule has 0 aliphatic heterocycles. The van der Waals surface area contributed by atoms with Gasteiger partial charge in [0, 0.05) is 5.92 Å². The largest absolute Gasteiger partial charge is 0.360 e. The summed E-state index contributed by atoms with van der Waals surface area (Å²) in [6, 6.07) is 6.03. The smallest absolute Gasteiger partial charge is 0.262 e. The fraction of sp³-hybridized carbons (Fsp3) is 0.312. The van der Waals surface area contributed by atoms with Gasteiger partial charge in [-0.05, 0) is 31.5 Å². The summed E-state index contributed by atoms with van der Waals surface area (Å²) < 4.78 is 6.32. The van der Waals surface area contributed by atoms with Crippen LogP contribution in [0.15, 0.2) is 22.7 Å². The molecule has 1 amide bonds. The molecule has 5 nitrogen and oxygen atoms in total. The minimum atomic E-state index is -0.224. The van der Waals surface area contributed by atoms with Gasteiger partial charge in [0.25, 0.3) is 5.91 Å². The van der Waals surface area contributed by atoms with Crippen molar-refractivity contribution in [3.05, 3.63) is 40.8 Å². The van der Waals surface area contributed by atoms with Crippen LogP contribution in [0.25, 0.3) is 10.2 Å². The summed E-state index contributed by atoms with van der Waals surface area (Å²) in [5.41, 5.74) is 3.16. The van der Waals surface area contributed by atoms with Gasteiger partial charge in [-0.1, -0.05) is 36.4 Å². The summed E-state index contributed by atoms with van der Waals surface area (Å²) in [6.45, 7) is 7.74. The Morgan fingerprint density at radius 2 is 2.09 bits per heavy atom. The second-order valence-electron chi connectivity index (χ2n) is 5.61. The average Bonchev–Trinajstić information content (AvgIpc) is 3.01. The zero-order chi connectivity index (χ0) is 15.9. The highest BCUT2D eigenvalue weighted by atomic mass is 32.1. The third kappa shape index (κ3) is 2.62. The molecule has 0 unspecified atom stereocenters. The van der Waals surface area contributed by atoms with Crippen molar-refractivity contribution in [3.63, 3.8) is 0 Å².